The number of anilines is 1. The first kappa shape index (κ1) is 31.0. The standard InChI is InChI=1S/C27H27Cl4N3O4S/c1-4-32-27(36)18(3)33(15-19-7-8-20(28)14-25(19)31)26(35)16-34(23-12-21(29)11-22(30)13-23)39(37,38)24-9-5-17(2)6-10-24/h5-14,18H,4,15-16H2,1-3H3,(H,32,36). The highest BCUT2D eigenvalue weighted by molar-refractivity contribution is 7.92. The van der Waals surface area contributed by atoms with Crippen molar-refractivity contribution in [3.8, 4) is 0 Å². The largest absolute Gasteiger partial charge is 0.355 e. The van der Waals surface area contributed by atoms with Gasteiger partial charge in [-0.05, 0) is 68.8 Å². The van der Waals surface area contributed by atoms with Gasteiger partial charge in [0.1, 0.15) is 12.6 Å². The maximum Gasteiger partial charge on any atom is 0.264 e. The molecule has 0 saturated carbocycles. The number of carbonyl (C=O) groups is 2. The molecule has 0 radical (unpaired) electrons. The van der Waals surface area contributed by atoms with Gasteiger partial charge in [0.2, 0.25) is 11.8 Å². The number of carbonyl (C=O) groups excluding carboxylic acids is 2. The molecule has 0 aliphatic carbocycles. The predicted molar refractivity (Wildman–Crippen MR) is 157 cm³/mol. The van der Waals surface area contributed by atoms with E-state index in [0.717, 1.165) is 9.87 Å². The number of halogens is 4. The third-order valence-electron chi connectivity index (χ3n) is 5.90. The van der Waals surface area contributed by atoms with E-state index in [2.05, 4.69) is 5.32 Å². The molecule has 3 aromatic rings. The molecule has 1 unspecified atom stereocenters. The lowest BCUT2D eigenvalue weighted by Crippen LogP contribution is -2.51. The number of amides is 2. The van der Waals surface area contributed by atoms with Crippen molar-refractivity contribution < 1.29 is 18.0 Å². The average molecular weight is 631 g/mol. The minimum atomic E-state index is -4.25. The molecule has 2 amide bonds. The van der Waals surface area contributed by atoms with Crippen LogP contribution in [0.2, 0.25) is 20.1 Å². The minimum Gasteiger partial charge on any atom is -0.355 e. The Morgan fingerprint density at radius 1 is 0.897 bits per heavy atom. The van der Waals surface area contributed by atoms with Crippen LogP contribution in [0.5, 0.6) is 0 Å². The van der Waals surface area contributed by atoms with Gasteiger partial charge in [0.05, 0.1) is 10.6 Å². The molecule has 7 nitrogen and oxygen atoms in total. The van der Waals surface area contributed by atoms with E-state index in [1.807, 2.05) is 6.92 Å². The highest BCUT2D eigenvalue weighted by Gasteiger charge is 2.33. The van der Waals surface area contributed by atoms with Gasteiger partial charge in [0, 0.05) is 33.2 Å². The van der Waals surface area contributed by atoms with Gasteiger partial charge in [-0.3, -0.25) is 13.9 Å². The van der Waals surface area contributed by atoms with Gasteiger partial charge in [0.25, 0.3) is 10.0 Å². The molecule has 1 N–H and O–H groups in total. The summed E-state index contributed by atoms with van der Waals surface area (Å²) in [4.78, 5) is 27.9. The molecule has 0 aliphatic heterocycles. The van der Waals surface area contributed by atoms with E-state index >= 15 is 0 Å². The molecule has 208 valence electrons. The van der Waals surface area contributed by atoms with Crippen LogP contribution in [0.3, 0.4) is 0 Å². The van der Waals surface area contributed by atoms with Crippen LogP contribution in [0, 0.1) is 6.92 Å². The maximum atomic E-state index is 13.9. The van der Waals surface area contributed by atoms with E-state index in [-0.39, 0.29) is 27.2 Å². The van der Waals surface area contributed by atoms with Crippen molar-refractivity contribution in [2.75, 3.05) is 17.4 Å². The number of nitrogens with one attached hydrogen (secondary N) is 1. The molecule has 0 spiro atoms. The first-order chi connectivity index (χ1) is 18.3. The molecular weight excluding hydrogens is 604 g/mol. The minimum absolute atomic E-state index is 0.0268. The Bertz CT molecular complexity index is 1450. The Labute approximate surface area is 248 Å². The van der Waals surface area contributed by atoms with Crippen molar-refractivity contribution in [3.63, 3.8) is 0 Å². The molecule has 0 bridgehead atoms. The Morgan fingerprint density at radius 2 is 1.51 bits per heavy atom. The molecule has 0 saturated heterocycles. The van der Waals surface area contributed by atoms with Crippen LogP contribution in [-0.4, -0.2) is 44.3 Å². The van der Waals surface area contributed by atoms with E-state index in [9.17, 15) is 18.0 Å². The Hall–Kier alpha value is -2.49. The van der Waals surface area contributed by atoms with Crippen molar-refractivity contribution >= 4 is 73.9 Å². The van der Waals surface area contributed by atoms with Gasteiger partial charge in [-0.15, -0.1) is 0 Å². The first-order valence-electron chi connectivity index (χ1n) is 11.9. The average Bonchev–Trinajstić information content (AvgIpc) is 2.86. The summed E-state index contributed by atoms with van der Waals surface area (Å²) >= 11 is 24.8. The lowest BCUT2D eigenvalue weighted by Gasteiger charge is -2.32. The van der Waals surface area contributed by atoms with Gasteiger partial charge in [0.15, 0.2) is 0 Å². The summed E-state index contributed by atoms with van der Waals surface area (Å²) in [6.07, 6.45) is 0. The lowest BCUT2D eigenvalue weighted by atomic mass is 10.1. The van der Waals surface area contributed by atoms with Crippen molar-refractivity contribution in [3.05, 3.63) is 91.9 Å². The van der Waals surface area contributed by atoms with Crippen molar-refractivity contribution in [1.82, 2.24) is 10.2 Å². The summed E-state index contributed by atoms with van der Waals surface area (Å²) in [5.74, 6) is -1.05. The zero-order valence-electron chi connectivity index (χ0n) is 21.4. The number of nitrogens with zero attached hydrogens (tertiary/aromatic N) is 2. The molecular formula is C27H27Cl4N3O4S. The van der Waals surface area contributed by atoms with E-state index in [1.54, 1.807) is 38.1 Å². The zero-order chi connectivity index (χ0) is 28.9. The second-order valence-corrected chi connectivity index (χ2v) is 12.4. The maximum absolute atomic E-state index is 13.9. The number of sulfonamides is 1. The summed E-state index contributed by atoms with van der Waals surface area (Å²) in [5.41, 5.74) is 1.49. The SMILES string of the molecule is CCNC(=O)C(C)N(Cc1ccc(Cl)cc1Cl)C(=O)CN(c1cc(Cl)cc(Cl)c1)S(=O)(=O)c1ccc(C)cc1. The second kappa shape index (κ2) is 13.2. The number of hydrogen-bond acceptors (Lipinski definition) is 4. The van der Waals surface area contributed by atoms with E-state index in [1.165, 1.54) is 41.3 Å². The molecule has 1 atom stereocenters. The van der Waals surface area contributed by atoms with E-state index in [0.29, 0.717) is 22.2 Å². The summed E-state index contributed by atoms with van der Waals surface area (Å²) in [5, 5.41) is 3.79. The topological polar surface area (TPSA) is 86.8 Å². The molecule has 0 fully saturated rings. The summed E-state index contributed by atoms with van der Waals surface area (Å²) in [7, 11) is -4.25. The quantitative estimate of drug-likeness (QED) is 0.283. The summed E-state index contributed by atoms with van der Waals surface area (Å²) in [6.45, 7) is 4.79. The van der Waals surface area contributed by atoms with Crippen LogP contribution in [0.1, 0.15) is 25.0 Å². The number of hydrogen-bond donors (Lipinski definition) is 1. The van der Waals surface area contributed by atoms with Crippen LogP contribution in [0.25, 0.3) is 0 Å². The van der Waals surface area contributed by atoms with E-state index in [4.69, 9.17) is 46.4 Å². The molecule has 12 heteroatoms. The van der Waals surface area contributed by atoms with Crippen molar-refractivity contribution in [2.24, 2.45) is 0 Å². The van der Waals surface area contributed by atoms with Crippen LogP contribution in [0.4, 0.5) is 5.69 Å². The summed E-state index contributed by atoms with van der Waals surface area (Å²) in [6, 6.07) is 14.3. The highest BCUT2D eigenvalue weighted by atomic mass is 35.5. The third kappa shape index (κ3) is 7.80. The molecule has 0 aromatic heterocycles. The third-order valence-corrected chi connectivity index (χ3v) is 8.71. The van der Waals surface area contributed by atoms with Crippen molar-refractivity contribution in [2.45, 2.75) is 38.3 Å². The molecule has 0 aliphatic rings. The monoisotopic (exact) mass is 629 g/mol. The highest BCUT2D eigenvalue weighted by Crippen LogP contribution is 2.30. The first-order valence-corrected chi connectivity index (χ1v) is 14.8. The Kier molecular flexibility index (Phi) is 10.5. The Morgan fingerprint density at radius 3 is 2.08 bits per heavy atom. The van der Waals surface area contributed by atoms with Gasteiger partial charge >= 0.3 is 0 Å². The number of likely N-dealkylation sites (N-methyl/N-ethyl adjacent to an activating group) is 1. The van der Waals surface area contributed by atoms with Gasteiger partial charge in [-0.1, -0.05) is 70.2 Å². The smallest absolute Gasteiger partial charge is 0.264 e. The molecule has 39 heavy (non-hydrogen) atoms. The van der Waals surface area contributed by atoms with Gasteiger partial charge in [-0.2, -0.15) is 0 Å². The second-order valence-electron chi connectivity index (χ2n) is 8.78. The van der Waals surface area contributed by atoms with Gasteiger partial charge in [-0.25, -0.2) is 8.42 Å². The van der Waals surface area contributed by atoms with Crippen LogP contribution < -0.4 is 9.62 Å². The number of aryl methyl sites for hydroxylation is 1. The number of rotatable bonds is 10. The summed E-state index contributed by atoms with van der Waals surface area (Å²) < 4.78 is 28.6. The fourth-order valence-corrected chi connectivity index (χ4v) is 6.17. The fourth-order valence-electron chi connectivity index (χ4n) is 3.79. The normalized spacial score (nSPS) is 12.1. The lowest BCUT2D eigenvalue weighted by molar-refractivity contribution is -0.139. The van der Waals surface area contributed by atoms with Crippen LogP contribution in [-0.2, 0) is 26.2 Å². The van der Waals surface area contributed by atoms with Crippen LogP contribution >= 0.6 is 46.4 Å². The van der Waals surface area contributed by atoms with Crippen molar-refractivity contribution in [1.29, 1.82) is 0 Å². The molecule has 3 rings (SSSR count). The van der Waals surface area contributed by atoms with Gasteiger partial charge < -0.3 is 10.2 Å². The predicted octanol–water partition coefficient (Wildman–Crippen LogP) is 6.36. The van der Waals surface area contributed by atoms with Crippen LogP contribution in [0.15, 0.2) is 65.6 Å². The molecule has 0 heterocycles. The Balaban J connectivity index is 2.08. The number of benzene rings is 3. The van der Waals surface area contributed by atoms with E-state index < -0.39 is 34.4 Å². The fraction of sp³-hybridized carbons (Fsp3) is 0.259. The zero-order valence-corrected chi connectivity index (χ0v) is 25.3. The molecule has 3 aromatic carbocycles.